The van der Waals surface area contributed by atoms with Gasteiger partial charge in [0.05, 0.1) is 5.52 Å². The van der Waals surface area contributed by atoms with Crippen molar-refractivity contribution in [3.8, 4) is 0 Å². The van der Waals surface area contributed by atoms with Crippen LogP contribution in [0.2, 0.25) is 5.02 Å². The van der Waals surface area contributed by atoms with Crippen LogP contribution in [0.3, 0.4) is 0 Å². The van der Waals surface area contributed by atoms with Gasteiger partial charge in [-0.2, -0.15) is 0 Å². The maximum Gasteiger partial charge on any atom is 0.297 e. The van der Waals surface area contributed by atoms with Crippen molar-refractivity contribution in [2.45, 2.75) is 6.54 Å². The Balaban J connectivity index is 1.38. The molecule has 0 N–H and O–H groups in total. The standard InChI is InChI=1S/C20H18ClN7O2/c21-14-3-1-4-15(11-14)25-7-9-26(10-8-25)17(29)12-27-16-5-2-6-22-18(16)28-13-23-24-19(28)20(27)30/h1-6,11,13H,7-10,12H2. The third-order valence-electron chi connectivity index (χ3n) is 5.37. The van der Waals surface area contributed by atoms with Gasteiger partial charge in [-0.25, -0.2) is 4.98 Å². The first-order chi connectivity index (χ1) is 14.6. The van der Waals surface area contributed by atoms with Crippen LogP contribution in [0, 0.1) is 0 Å². The molecule has 5 rings (SSSR count). The first kappa shape index (κ1) is 18.6. The highest BCUT2D eigenvalue weighted by molar-refractivity contribution is 6.30. The third-order valence-corrected chi connectivity index (χ3v) is 5.60. The SMILES string of the molecule is O=C(Cn1c(=O)c2nncn2c2ncccc21)N1CCN(c2cccc(Cl)c2)CC1. The van der Waals surface area contributed by atoms with Crippen LogP contribution in [0.25, 0.3) is 16.8 Å². The molecule has 0 unspecified atom stereocenters. The summed E-state index contributed by atoms with van der Waals surface area (Å²) in [6.45, 7) is 2.48. The lowest BCUT2D eigenvalue weighted by atomic mass is 10.2. The number of rotatable bonds is 3. The molecule has 0 radical (unpaired) electrons. The van der Waals surface area contributed by atoms with Gasteiger partial charge in [-0.1, -0.05) is 17.7 Å². The Morgan fingerprint density at radius 3 is 2.70 bits per heavy atom. The molecule has 1 aliphatic heterocycles. The van der Waals surface area contributed by atoms with Gasteiger partial charge >= 0.3 is 0 Å². The Kier molecular flexibility index (Phi) is 4.59. The Morgan fingerprint density at radius 2 is 1.90 bits per heavy atom. The van der Waals surface area contributed by atoms with E-state index in [-0.39, 0.29) is 23.7 Å². The number of halogens is 1. The number of carbonyl (C=O) groups is 1. The van der Waals surface area contributed by atoms with E-state index in [9.17, 15) is 9.59 Å². The molecule has 152 valence electrons. The molecule has 3 aromatic heterocycles. The van der Waals surface area contributed by atoms with Gasteiger partial charge in [0.25, 0.3) is 5.56 Å². The van der Waals surface area contributed by atoms with E-state index >= 15 is 0 Å². The molecule has 1 saturated heterocycles. The summed E-state index contributed by atoms with van der Waals surface area (Å²) in [4.78, 5) is 34.2. The molecule has 0 saturated carbocycles. The molecular weight excluding hydrogens is 406 g/mol. The van der Waals surface area contributed by atoms with Gasteiger partial charge in [-0.3, -0.25) is 18.6 Å². The number of hydrogen-bond donors (Lipinski definition) is 0. The molecule has 0 bridgehead atoms. The predicted molar refractivity (Wildman–Crippen MR) is 113 cm³/mol. The molecule has 1 aromatic carbocycles. The van der Waals surface area contributed by atoms with Gasteiger partial charge < -0.3 is 9.80 Å². The summed E-state index contributed by atoms with van der Waals surface area (Å²) < 4.78 is 2.97. The lowest BCUT2D eigenvalue weighted by Crippen LogP contribution is -2.50. The van der Waals surface area contributed by atoms with Crippen LogP contribution in [-0.2, 0) is 11.3 Å². The number of anilines is 1. The zero-order valence-electron chi connectivity index (χ0n) is 16.0. The molecule has 30 heavy (non-hydrogen) atoms. The van der Waals surface area contributed by atoms with E-state index in [2.05, 4.69) is 20.1 Å². The van der Waals surface area contributed by atoms with Crippen LogP contribution < -0.4 is 10.5 Å². The average Bonchev–Trinajstić information content (AvgIpc) is 3.27. The van der Waals surface area contributed by atoms with Crippen LogP contribution in [-0.4, -0.2) is 61.1 Å². The summed E-state index contributed by atoms with van der Waals surface area (Å²) in [7, 11) is 0. The van der Waals surface area contributed by atoms with Crippen LogP contribution in [0.15, 0.2) is 53.7 Å². The summed E-state index contributed by atoms with van der Waals surface area (Å²) in [6, 6.07) is 11.2. The number of piperazine rings is 1. The van der Waals surface area contributed by atoms with E-state index in [4.69, 9.17) is 11.6 Å². The number of fused-ring (bicyclic) bond motifs is 3. The normalized spacial score (nSPS) is 14.6. The van der Waals surface area contributed by atoms with Gasteiger partial charge in [-0.15, -0.1) is 10.2 Å². The van der Waals surface area contributed by atoms with Gasteiger partial charge in [0, 0.05) is 43.1 Å². The van der Waals surface area contributed by atoms with E-state index in [0.717, 1.165) is 5.69 Å². The topological polar surface area (TPSA) is 88.6 Å². The summed E-state index contributed by atoms with van der Waals surface area (Å²) in [5, 5.41) is 8.40. The maximum absolute atomic E-state index is 13.0. The second-order valence-electron chi connectivity index (χ2n) is 7.11. The quantitative estimate of drug-likeness (QED) is 0.495. The number of pyridine rings is 1. The van der Waals surface area contributed by atoms with Crippen molar-refractivity contribution in [2.75, 3.05) is 31.1 Å². The number of aromatic nitrogens is 5. The van der Waals surface area contributed by atoms with Crippen molar-refractivity contribution < 1.29 is 4.79 Å². The lowest BCUT2D eigenvalue weighted by Gasteiger charge is -2.36. The Morgan fingerprint density at radius 1 is 1.07 bits per heavy atom. The molecule has 1 fully saturated rings. The van der Waals surface area contributed by atoms with Gasteiger partial charge in [0.2, 0.25) is 11.6 Å². The summed E-state index contributed by atoms with van der Waals surface area (Å²) in [6.07, 6.45) is 3.08. The van der Waals surface area contributed by atoms with Crippen LogP contribution in [0.1, 0.15) is 0 Å². The van der Waals surface area contributed by atoms with Crippen molar-refractivity contribution in [3.63, 3.8) is 0 Å². The molecule has 0 aliphatic carbocycles. The fourth-order valence-corrected chi connectivity index (χ4v) is 4.01. The van der Waals surface area contributed by atoms with Gasteiger partial charge in [0.15, 0.2) is 5.65 Å². The fraction of sp³-hybridized carbons (Fsp3) is 0.250. The summed E-state index contributed by atoms with van der Waals surface area (Å²) in [5.74, 6) is -0.114. The number of hydrogen-bond acceptors (Lipinski definition) is 6. The minimum atomic E-state index is -0.362. The number of amides is 1. The fourth-order valence-electron chi connectivity index (χ4n) is 3.83. The molecule has 1 aliphatic rings. The highest BCUT2D eigenvalue weighted by Crippen LogP contribution is 2.21. The minimum Gasteiger partial charge on any atom is -0.368 e. The molecule has 4 aromatic rings. The second kappa shape index (κ2) is 7.42. The van der Waals surface area contributed by atoms with Crippen LogP contribution in [0.4, 0.5) is 5.69 Å². The first-order valence-electron chi connectivity index (χ1n) is 9.57. The van der Waals surface area contributed by atoms with E-state index < -0.39 is 0 Å². The smallest absolute Gasteiger partial charge is 0.297 e. The predicted octanol–water partition coefficient (Wildman–Crippen LogP) is 1.44. The van der Waals surface area contributed by atoms with Crippen molar-refractivity contribution in [1.29, 1.82) is 0 Å². The molecular formula is C20H18ClN7O2. The van der Waals surface area contributed by atoms with Crippen molar-refractivity contribution in [2.24, 2.45) is 0 Å². The highest BCUT2D eigenvalue weighted by atomic mass is 35.5. The number of benzene rings is 1. The van der Waals surface area contributed by atoms with Crippen LogP contribution in [0.5, 0.6) is 0 Å². The number of nitrogens with zero attached hydrogens (tertiary/aromatic N) is 7. The molecule has 0 spiro atoms. The van der Waals surface area contributed by atoms with E-state index in [1.165, 1.54) is 10.9 Å². The molecule has 0 atom stereocenters. The number of carbonyl (C=O) groups excluding carboxylic acids is 1. The van der Waals surface area contributed by atoms with Crippen molar-refractivity contribution >= 4 is 40.0 Å². The summed E-state index contributed by atoms with van der Waals surface area (Å²) >= 11 is 6.09. The lowest BCUT2D eigenvalue weighted by molar-refractivity contribution is -0.132. The largest absolute Gasteiger partial charge is 0.368 e. The minimum absolute atomic E-state index is 0.0679. The average molecular weight is 424 g/mol. The zero-order valence-corrected chi connectivity index (χ0v) is 16.7. The molecule has 9 nitrogen and oxygen atoms in total. The van der Waals surface area contributed by atoms with Gasteiger partial charge in [-0.05, 0) is 30.3 Å². The maximum atomic E-state index is 13.0. The zero-order chi connectivity index (χ0) is 20.7. The Labute approximate surface area is 176 Å². The monoisotopic (exact) mass is 423 g/mol. The second-order valence-corrected chi connectivity index (χ2v) is 7.55. The van der Waals surface area contributed by atoms with Crippen molar-refractivity contribution in [1.82, 2.24) is 29.0 Å². The molecule has 1 amide bonds. The van der Waals surface area contributed by atoms with Gasteiger partial charge in [0.1, 0.15) is 12.9 Å². The Hall–Kier alpha value is -3.46. The van der Waals surface area contributed by atoms with Crippen molar-refractivity contribution in [3.05, 3.63) is 64.3 Å². The third kappa shape index (κ3) is 3.17. The molecule has 10 heteroatoms. The summed E-state index contributed by atoms with van der Waals surface area (Å²) in [5.41, 5.74) is 1.94. The van der Waals surface area contributed by atoms with E-state index in [0.29, 0.717) is 42.4 Å². The first-order valence-corrected chi connectivity index (χ1v) is 9.95. The molecule has 4 heterocycles. The highest BCUT2D eigenvalue weighted by Gasteiger charge is 2.23. The van der Waals surface area contributed by atoms with Crippen LogP contribution >= 0.6 is 11.6 Å². The Bertz CT molecular complexity index is 1310. The van der Waals surface area contributed by atoms with E-state index in [1.807, 2.05) is 24.3 Å². The van der Waals surface area contributed by atoms with E-state index in [1.54, 1.807) is 27.6 Å².